The fourth-order valence-electron chi connectivity index (χ4n) is 1.72. The van der Waals surface area contributed by atoms with Crippen molar-refractivity contribution in [2.45, 2.75) is 33.1 Å². The molecule has 1 N–H and O–H groups in total. The third-order valence-corrected chi connectivity index (χ3v) is 2.52. The molecule has 0 fully saturated rings. The normalized spacial score (nSPS) is 12.8. The number of carboxylic acid groups (broad SMARTS) is 1. The molecule has 2 heteroatoms. The van der Waals surface area contributed by atoms with Gasteiger partial charge in [0.05, 0.1) is 5.92 Å². The number of hydrogen-bond donors (Lipinski definition) is 1. The molecule has 0 aromatic heterocycles. The summed E-state index contributed by atoms with van der Waals surface area (Å²) in [6, 6.07) is 7.81. The SMILES string of the molecule is CC(C)Cc1ccccc1C(C)C(=O)O. The Hall–Kier alpha value is -1.31. The van der Waals surface area contributed by atoms with Crippen molar-refractivity contribution >= 4 is 5.97 Å². The van der Waals surface area contributed by atoms with E-state index in [0.717, 1.165) is 17.5 Å². The number of carboxylic acids is 1. The van der Waals surface area contributed by atoms with E-state index in [-0.39, 0.29) is 0 Å². The van der Waals surface area contributed by atoms with Crippen molar-refractivity contribution in [2.75, 3.05) is 0 Å². The van der Waals surface area contributed by atoms with Gasteiger partial charge in [0.15, 0.2) is 0 Å². The Bertz CT molecular complexity index is 342. The predicted molar refractivity (Wildman–Crippen MR) is 61.0 cm³/mol. The first-order chi connectivity index (χ1) is 7.02. The van der Waals surface area contributed by atoms with Gasteiger partial charge in [0, 0.05) is 0 Å². The third-order valence-electron chi connectivity index (χ3n) is 2.52. The van der Waals surface area contributed by atoms with Crippen LogP contribution in [0.2, 0.25) is 0 Å². The lowest BCUT2D eigenvalue weighted by molar-refractivity contribution is -0.138. The molecule has 1 unspecified atom stereocenters. The van der Waals surface area contributed by atoms with Crippen LogP contribution in [0.3, 0.4) is 0 Å². The highest BCUT2D eigenvalue weighted by atomic mass is 16.4. The van der Waals surface area contributed by atoms with E-state index in [4.69, 9.17) is 5.11 Å². The zero-order valence-electron chi connectivity index (χ0n) is 9.53. The summed E-state index contributed by atoms with van der Waals surface area (Å²) in [5.74, 6) is -0.627. The number of aliphatic carboxylic acids is 1. The molecule has 1 aromatic carbocycles. The van der Waals surface area contributed by atoms with Gasteiger partial charge in [-0.05, 0) is 30.4 Å². The van der Waals surface area contributed by atoms with Gasteiger partial charge < -0.3 is 5.11 Å². The van der Waals surface area contributed by atoms with E-state index in [9.17, 15) is 4.79 Å². The smallest absolute Gasteiger partial charge is 0.310 e. The van der Waals surface area contributed by atoms with E-state index in [1.165, 1.54) is 0 Å². The zero-order valence-corrected chi connectivity index (χ0v) is 9.53. The summed E-state index contributed by atoms with van der Waals surface area (Å²) in [6.45, 7) is 6.02. The summed E-state index contributed by atoms with van der Waals surface area (Å²) >= 11 is 0. The Balaban J connectivity index is 3.00. The molecule has 0 aliphatic carbocycles. The summed E-state index contributed by atoms with van der Waals surface area (Å²) in [6.07, 6.45) is 0.938. The average molecular weight is 206 g/mol. The van der Waals surface area contributed by atoms with Gasteiger partial charge in [-0.3, -0.25) is 4.79 Å². The van der Waals surface area contributed by atoms with Gasteiger partial charge in [0.2, 0.25) is 0 Å². The molecule has 0 saturated carbocycles. The first-order valence-electron chi connectivity index (χ1n) is 5.33. The van der Waals surface area contributed by atoms with Crippen LogP contribution in [0.25, 0.3) is 0 Å². The van der Waals surface area contributed by atoms with Crippen molar-refractivity contribution in [3.05, 3.63) is 35.4 Å². The second-order valence-corrected chi connectivity index (χ2v) is 4.36. The van der Waals surface area contributed by atoms with Gasteiger partial charge in [-0.2, -0.15) is 0 Å². The molecule has 2 nitrogen and oxygen atoms in total. The lowest BCUT2D eigenvalue weighted by Crippen LogP contribution is -2.11. The van der Waals surface area contributed by atoms with Crippen LogP contribution in [0.4, 0.5) is 0 Å². The number of benzene rings is 1. The highest BCUT2D eigenvalue weighted by molar-refractivity contribution is 5.76. The minimum atomic E-state index is -0.758. The quantitative estimate of drug-likeness (QED) is 0.822. The topological polar surface area (TPSA) is 37.3 Å². The van der Waals surface area contributed by atoms with Crippen molar-refractivity contribution in [2.24, 2.45) is 5.92 Å². The first kappa shape index (κ1) is 11.8. The molecule has 0 bridgehead atoms. The largest absolute Gasteiger partial charge is 0.481 e. The molecule has 0 aliphatic heterocycles. The van der Waals surface area contributed by atoms with Gasteiger partial charge in [0.1, 0.15) is 0 Å². The Morgan fingerprint density at radius 2 is 1.87 bits per heavy atom. The summed E-state index contributed by atoms with van der Waals surface area (Å²) in [5.41, 5.74) is 2.10. The Labute approximate surface area is 90.9 Å². The second-order valence-electron chi connectivity index (χ2n) is 4.36. The highest BCUT2D eigenvalue weighted by Gasteiger charge is 2.16. The standard InChI is InChI=1S/C13H18O2/c1-9(2)8-11-6-4-5-7-12(11)10(3)13(14)15/h4-7,9-10H,8H2,1-3H3,(H,14,15). The fourth-order valence-corrected chi connectivity index (χ4v) is 1.72. The molecule has 1 rings (SSSR count). The number of hydrogen-bond acceptors (Lipinski definition) is 1. The van der Waals surface area contributed by atoms with E-state index in [2.05, 4.69) is 13.8 Å². The Morgan fingerprint density at radius 3 is 2.40 bits per heavy atom. The molecular formula is C13H18O2. The number of rotatable bonds is 4. The van der Waals surface area contributed by atoms with Crippen molar-refractivity contribution < 1.29 is 9.90 Å². The van der Waals surface area contributed by atoms with E-state index in [1.807, 2.05) is 24.3 Å². The van der Waals surface area contributed by atoms with Gasteiger partial charge in [-0.25, -0.2) is 0 Å². The van der Waals surface area contributed by atoms with Crippen LogP contribution in [0.15, 0.2) is 24.3 Å². The summed E-state index contributed by atoms with van der Waals surface area (Å²) in [7, 11) is 0. The average Bonchev–Trinajstić information content (AvgIpc) is 2.16. The van der Waals surface area contributed by atoms with Crippen molar-refractivity contribution in [1.29, 1.82) is 0 Å². The minimum Gasteiger partial charge on any atom is -0.481 e. The zero-order chi connectivity index (χ0) is 11.4. The van der Waals surface area contributed by atoms with E-state index < -0.39 is 11.9 Å². The maximum Gasteiger partial charge on any atom is 0.310 e. The summed E-state index contributed by atoms with van der Waals surface area (Å²) in [4.78, 5) is 10.9. The van der Waals surface area contributed by atoms with Crippen LogP contribution in [0, 0.1) is 5.92 Å². The predicted octanol–water partition coefficient (Wildman–Crippen LogP) is 3.07. The third kappa shape index (κ3) is 3.08. The van der Waals surface area contributed by atoms with Crippen LogP contribution >= 0.6 is 0 Å². The molecule has 0 heterocycles. The molecule has 0 aliphatic rings. The first-order valence-corrected chi connectivity index (χ1v) is 5.33. The summed E-state index contributed by atoms with van der Waals surface area (Å²) < 4.78 is 0. The van der Waals surface area contributed by atoms with E-state index in [1.54, 1.807) is 6.92 Å². The van der Waals surface area contributed by atoms with Crippen molar-refractivity contribution in [3.63, 3.8) is 0 Å². The Morgan fingerprint density at radius 1 is 1.27 bits per heavy atom. The van der Waals surface area contributed by atoms with Crippen LogP contribution < -0.4 is 0 Å². The number of carbonyl (C=O) groups is 1. The van der Waals surface area contributed by atoms with Gasteiger partial charge in [0.25, 0.3) is 0 Å². The fraction of sp³-hybridized carbons (Fsp3) is 0.462. The Kier molecular flexibility index (Phi) is 3.89. The molecule has 0 saturated heterocycles. The van der Waals surface area contributed by atoms with Crippen LogP contribution in [0.1, 0.15) is 37.8 Å². The molecule has 0 amide bonds. The van der Waals surface area contributed by atoms with Crippen molar-refractivity contribution in [1.82, 2.24) is 0 Å². The molecule has 1 atom stereocenters. The lowest BCUT2D eigenvalue weighted by Gasteiger charge is -2.14. The molecule has 1 aromatic rings. The van der Waals surface area contributed by atoms with E-state index in [0.29, 0.717) is 5.92 Å². The summed E-state index contributed by atoms with van der Waals surface area (Å²) in [5, 5.41) is 8.99. The second kappa shape index (κ2) is 4.96. The molecule has 0 radical (unpaired) electrons. The molecule has 15 heavy (non-hydrogen) atoms. The van der Waals surface area contributed by atoms with E-state index >= 15 is 0 Å². The van der Waals surface area contributed by atoms with Gasteiger partial charge >= 0.3 is 5.97 Å². The maximum absolute atomic E-state index is 10.9. The highest BCUT2D eigenvalue weighted by Crippen LogP contribution is 2.22. The minimum absolute atomic E-state index is 0.417. The maximum atomic E-state index is 10.9. The van der Waals surface area contributed by atoms with Gasteiger partial charge in [-0.15, -0.1) is 0 Å². The van der Waals surface area contributed by atoms with Crippen LogP contribution in [-0.4, -0.2) is 11.1 Å². The van der Waals surface area contributed by atoms with Crippen LogP contribution in [0.5, 0.6) is 0 Å². The lowest BCUT2D eigenvalue weighted by atomic mass is 9.91. The van der Waals surface area contributed by atoms with Crippen molar-refractivity contribution in [3.8, 4) is 0 Å². The molecule has 82 valence electrons. The van der Waals surface area contributed by atoms with Crippen LogP contribution in [-0.2, 0) is 11.2 Å². The van der Waals surface area contributed by atoms with Gasteiger partial charge in [-0.1, -0.05) is 38.1 Å². The molecular weight excluding hydrogens is 188 g/mol. The molecule has 0 spiro atoms. The monoisotopic (exact) mass is 206 g/mol.